The Morgan fingerprint density at radius 3 is 2.85 bits per heavy atom. The summed E-state index contributed by atoms with van der Waals surface area (Å²) in [7, 11) is 0. The van der Waals surface area contributed by atoms with Crippen LogP contribution in [0.25, 0.3) is 10.8 Å². The lowest BCUT2D eigenvalue weighted by Gasteiger charge is -2.22. The smallest absolute Gasteiger partial charge is 0.0506 e. The molecular formula is C18H23NO. The quantitative estimate of drug-likeness (QED) is 0.840. The average molecular weight is 269 g/mol. The van der Waals surface area contributed by atoms with Crippen molar-refractivity contribution in [2.24, 2.45) is 5.92 Å². The molecule has 106 valence electrons. The maximum Gasteiger partial charge on any atom is 0.0506 e. The van der Waals surface area contributed by atoms with Crippen molar-refractivity contribution in [2.45, 2.75) is 19.3 Å². The van der Waals surface area contributed by atoms with Crippen LogP contribution in [0.15, 0.2) is 42.5 Å². The lowest BCUT2D eigenvalue weighted by molar-refractivity contribution is 0.0921. The molecule has 1 atom stereocenters. The Kier molecular flexibility index (Phi) is 4.67. The van der Waals surface area contributed by atoms with Gasteiger partial charge in [0.2, 0.25) is 0 Å². The minimum Gasteiger partial charge on any atom is -0.381 e. The fraction of sp³-hybridized carbons (Fsp3) is 0.444. The Morgan fingerprint density at radius 1 is 1.10 bits per heavy atom. The van der Waals surface area contributed by atoms with E-state index in [0.29, 0.717) is 5.92 Å². The van der Waals surface area contributed by atoms with Gasteiger partial charge < -0.3 is 10.1 Å². The third-order valence-corrected chi connectivity index (χ3v) is 4.10. The van der Waals surface area contributed by atoms with Crippen LogP contribution in [0.4, 0.5) is 0 Å². The first-order chi connectivity index (χ1) is 9.92. The molecule has 2 aromatic rings. The molecular weight excluding hydrogens is 246 g/mol. The second-order valence-corrected chi connectivity index (χ2v) is 5.72. The van der Waals surface area contributed by atoms with Gasteiger partial charge in [-0.1, -0.05) is 42.5 Å². The van der Waals surface area contributed by atoms with Gasteiger partial charge in [-0.3, -0.25) is 0 Å². The predicted octanol–water partition coefficient (Wildman–Crippen LogP) is 3.40. The van der Waals surface area contributed by atoms with E-state index < -0.39 is 0 Å². The Bertz CT molecular complexity index is 546. The van der Waals surface area contributed by atoms with Crippen molar-refractivity contribution < 1.29 is 4.74 Å². The number of nitrogens with one attached hydrogen (secondary N) is 1. The third-order valence-electron chi connectivity index (χ3n) is 4.10. The average Bonchev–Trinajstić information content (AvgIpc) is 2.52. The Balaban J connectivity index is 1.47. The molecule has 0 radical (unpaired) electrons. The Hall–Kier alpha value is -1.38. The third kappa shape index (κ3) is 3.59. The van der Waals surface area contributed by atoms with Crippen LogP contribution in [-0.4, -0.2) is 26.3 Å². The van der Waals surface area contributed by atoms with Crippen LogP contribution in [0.1, 0.15) is 18.4 Å². The summed E-state index contributed by atoms with van der Waals surface area (Å²) in [5.74, 6) is 0.709. The molecule has 2 heteroatoms. The van der Waals surface area contributed by atoms with Gasteiger partial charge in [-0.15, -0.1) is 0 Å². The highest BCUT2D eigenvalue weighted by atomic mass is 16.5. The van der Waals surface area contributed by atoms with E-state index >= 15 is 0 Å². The number of fused-ring (bicyclic) bond motifs is 1. The fourth-order valence-electron chi connectivity index (χ4n) is 2.90. The monoisotopic (exact) mass is 269 g/mol. The van der Waals surface area contributed by atoms with Crippen LogP contribution in [0, 0.1) is 5.92 Å². The highest BCUT2D eigenvalue weighted by Gasteiger charge is 2.12. The van der Waals surface area contributed by atoms with Gasteiger partial charge in [-0.05, 0) is 48.1 Å². The predicted molar refractivity (Wildman–Crippen MR) is 84.1 cm³/mol. The van der Waals surface area contributed by atoms with E-state index in [1.165, 1.54) is 35.7 Å². The second kappa shape index (κ2) is 6.87. The maximum atomic E-state index is 5.85. The van der Waals surface area contributed by atoms with Gasteiger partial charge in [-0.25, -0.2) is 0 Å². The van der Waals surface area contributed by atoms with Crippen molar-refractivity contribution >= 4 is 10.8 Å². The summed E-state index contributed by atoms with van der Waals surface area (Å²) >= 11 is 0. The Labute approximate surface area is 121 Å². The largest absolute Gasteiger partial charge is 0.381 e. The number of piperidine rings is 1. The highest BCUT2D eigenvalue weighted by molar-refractivity contribution is 5.82. The molecule has 2 nitrogen and oxygen atoms in total. The number of ether oxygens (including phenoxy) is 1. The van der Waals surface area contributed by atoms with Crippen molar-refractivity contribution in [1.82, 2.24) is 5.32 Å². The van der Waals surface area contributed by atoms with Crippen LogP contribution in [0.2, 0.25) is 0 Å². The number of hydrogen-bond acceptors (Lipinski definition) is 2. The summed E-state index contributed by atoms with van der Waals surface area (Å²) in [5.41, 5.74) is 1.37. The molecule has 1 heterocycles. The van der Waals surface area contributed by atoms with Gasteiger partial charge in [0.15, 0.2) is 0 Å². The molecule has 0 bridgehead atoms. The van der Waals surface area contributed by atoms with Crippen molar-refractivity contribution in [3.05, 3.63) is 48.0 Å². The van der Waals surface area contributed by atoms with E-state index in [2.05, 4.69) is 47.8 Å². The molecule has 20 heavy (non-hydrogen) atoms. The van der Waals surface area contributed by atoms with E-state index in [-0.39, 0.29) is 0 Å². The summed E-state index contributed by atoms with van der Waals surface area (Å²) in [6.07, 6.45) is 3.60. The summed E-state index contributed by atoms with van der Waals surface area (Å²) < 4.78 is 5.85. The minimum atomic E-state index is 0.709. The van der Waals surface area contributed by atoms with Crippen LogP contribution in [0.5, 0.6) is 0 Å². The first-order valence-electron chi connectivity index (χ1n) is 7.68. The molecule has 2 aromatic carbocycles. The molecule has 0 aromatic heterocycles. The lowest BCUT2D eigenvalue weighted by Crippen LogP contribution is -2.32. The van der Waals surface area contributed by atoms with Crippen LogP contribution >= 0.6 is 0 Å². The van der Waals surface area contributed by atoms with E-state index in [0.717, 1.165) is 26.2 Å². The maximum absolute atomic E-state index is 5.85. The van der Waals surface area contributed by atoms with Gasteiger partial charge in [0, 0.05) is 6.54 Å². The summed E-state index contributed by atoms with van der Waals surface area (Å²) in [6, 6.07) is 15.2. The number of rotatable bonds is 5. The zero-order valence-electron chi connectivity index (χ0n) is 12.0. The molecule has 1 unspecified atom stereocenters. The van der Waals surface area contributed by atoms with Gasteiger partial charge in [0.1, 0.15) is 0 Å². The molecule has 0 saturated carbocycles. The van der Waals surface area contributed by atoms with Gasteiger partial charge in [-0.2, -0.15) is 0 Å². The second-order valence-electron chi connectivity index (χ2n) is 5.72. The zero-order chi connectivity index (χ0) is 13.6. The van der Waals surface area contributed by atoms with Crippen molar-refractivity contribution in [1.29, 1.82) is 0 Å². The zero-order valence-corrected chi connectivity index (χ0v) is 12.0. The molecule has 3 rings (SSSR count). The van der Waals surface area contributed by atoms with Crippen molar-refractivity contribution in [3.63, 3.8) is 0 Å². The normalized spacial score (nSPS) is 19.3. The van der Waals surface area contributed by atoms with Crippen LogP contribution < -0.4 is 5.32 Å². The molecule has 1 aliphatic heterocycles. The Morgan fingerprint density at radius 2 is 2.00 bits per heavy atom. The topological polar surface area (TPSA) is 21.3 Å². The number of benzene rings is 2. The molecule has 1 aliphatic rings. The van der Waals surface area contributed by atoms with E-state index in [1.54, 1.807) is 0 Å². The summed E-state index contributed by atoms with van der Waals surface area (Å²) in [5, 5.41) is 6.06. The number of hydrogen-bond donors (Lipinski definition) is 1. The molecule has 0 aliphatic carbocycles. The van der Waals surface area contributed by atoms with Crippen LogP contribution in [0.3, 0.4) is 0 Å². The standard InChI is InChI=1S/C18H23NO/c1-2-6-18-12-15(7-8-17(18)5-1)9-11-20-14-16-4-3-10-19-13-16/h1-2,5-8,12,16,19H,3-4,9-11,13-14H2. The van der Waals surface area contributed by atoms with E-state index in [1.807, 2.05) is 0 Å². The van der Waals surface area contributed by atoms with E-state index in [4.69, 9.17) is 4.74 Å². The molecule has 0 spiro atoms. The van der Waals surface area contributed by atoms with Gasteiger partial charge in [0.05, 0.1) is 13.2 Å². The summed E-state index contributed by atoms with van der Waals surface area (Å²) in [6.45, 7) is 4.03. The first kappa shape index (κ1) is 13.6. The van der Waals surface area contributed by atoms with E-state index in [9.17, 15) is 0 Å². The van der Waals surface area contributed by atoms with Crippen LogP contribution in [-0.2, 0) is 11.2 Å². The van der Waals surface area contributed by atoms with Gasteiger partial charge >= 0.3 is 0 Å². The fourth-order valence-corrected chi connectivity index (χ4v) is 2.90. The van der Waals surface area contributed by atoms with Gasteiger partial charge in [0.25, 0.3) is 0 Å². The molecule has 1 saturated heterocycles. The molecule has 1 N–H and O–H groups in total. The first-order valence-corrected chi connectivity index (χ1v) is 7.68. The summed E-state index contributed by atoms with van der Waals surface area (Å²) in [4.78, 5) is 0. The van der Waals surface area contributed by atoms with Crippen molar-refractivity contribution in [2.75, 3.05) is 26.3 Å². The molecule has 1 fully saturated rings. The van der Waals surface area contributed by atoms with Crippen molar-refractivity contribution in [3.8, 4) is 0 Å². The molecule has 0 amide bonds. The SMILES string of the molecule is c1ccc2cc(CCOCC3CCCNC3)ccc2c1. The lowest BCUT2D eigenvalue weighted by atomic mass is 10.0. The highest BCUT2D eigenvalue weighted by Crippen LogP contribution is 2.16. The minimum absolute atomic E-state index is 0.709.